The predicted molar refractivity (Wildman–Crippen MR) is 146 cm³/mol. The molecule has 0 saturated heterocycles. The van der Waals surface area contributed by atoms with E-state index in [1.165, 1.54) is 6.20 Å². The highest BCUT2D eigenvalue weighted by Gasteiger charge is 2.35. The Hall–Kier alpha value is -5.05. The first-order chi connectivity index (χ1) is 18.5. The van der Waals surface area contributed by atoms with E-state index < -0.39 is 6.04 Å². The van der Waals surface area contributed by atoms with Gasteiger partial charge in [-0.25, -0.2) is 4.68 Å². The lowest BCUT2D eigenvalue weighted by atomic mass is 9.94. The molecule has 0 radical (unpaired) electrons. The fraction of sp³-hybridized carbons (Fsp3) is 0.138. The van der Waals surface area contributed by atoms with Crippen LogP contribution in [0.25, 0.3) is 0 Å². The molecule has 3 aromatic carbocycles. The molecule has 0 fully saturated rings. The minimum absolute atomic E-state index is 0.312. The maximum absolute atomic E-state index is 13.7. The van der Waals surface area contributed by atoms with Crippen LogP contribution in [0.2, 0.25) is 0 Å². The summed E-state index contributed by atoms with van der Waals surface area (Å²) in [5, 5.41) is 13.7. The van der Waals surface area contributed by atoms with E-state index in [4.69, 9.17) is 9.47 Å². The maximum Gasteiger partial charge on any atom is 0.261 e. The van der Waals surface area contributed by atoms with E-state index in [2.05, 4.69) is 21.0 Å². The van der Waals surface area contributed by atoms with E-state index in [0.717, 1.165) is 5.56 Å². The first-order valence-corrected chi connectivity index (χ1v) is 12.0. The van der Waals surface area contributed by atoms with E-state index in [9.17, 15) is 9.59 Å². The van der Waals surface area contributed by atoms with Gasteiger partial charge < -0.3 is 25.4 Å². The Balaban J connectivity index is 1.55. The first-order valence-electron chi connectivity index (χ1n) is 12.0. The maximum atomic E-state index is 13.7. The van der Waals surface area contributed by atoms with Gasteiger partial charge in [0.2, 0.25) is 0 Å². The summed E-state index contributed by atoms with van der Waals surface area (Å²) in [5.74, 6) is 1.09. The topological polar surface area (TPSA) is 107 Å². The van der Waals surface area contributed by atoms with Crippen LogP contribution < -0.4 is 25.4 Å². The number of carbonyl (C=O) groups is 2. The van der Waals surface area contributed by atoms with Crippen LogP contribution in [0.4, 0.5) is 17.2 Å². The summed E-state index contributed by atoms with van der Waals surface area (Å²) in [6.45, 7) is 1.81. The van der Waals surface area contributed by atoms with Crippen LogP contribution in [0, 0.1) is 0 Å². The van der Waals surface area contributed by atoms with Crippen LogP contribution >= 0.6 is 0 Å². The van der Waals surface area contributed by atoms with Gasteiger partial charge in [-0.3, -0.25) is 9.59 Å². The highest BCUT2D eigenvalue weighted by Crippen LogP contribution is 2.39. The number of carbonyl (C=O) groups excluding carboxylic acids is 2. The van der Waals surface area contributed by atoms with Gasteiger partial charge in [-0.2, -0.15) is 5.10 Å². The quantitative estimate of drug-likeness (QED) is 0.321. The molecule has 1 aromatic heterocycles. The number of anilines is 3. The summed E-state index contributed by atoms with van der Waals surface area (Å²) in [7, 11) is 3.15. The van der Waals surface area contributed by atoms with Gasteiger partial charge in [-0.15, -0.1) is 0 Å². The Morgan fingerprint density at radius 2 is 1.58 bits per heavy atom. The van der Waals surface area contributed by atoms with E-state index in [1.54, 1.807) is 31.0 Å². The molecule has 1 aliphatic rings. The number of aromatic nitrogens is 2. The lowest BCUT2D eigenvalue weighted by molar-refractivity contribution is -0.113. The fourth-order valence-corrected chi connectivity index (χ4v) is 4.47. The number of fused-ring (bicyclic) bond motifs is 1. The zero-order chi connectivity index (χ0) is 26.6. The Kier molecular flexibility index (Phi) is 6.82. The number of nitrogens with zero attached hydrogens (tertiary/aromatic N) is 2. The van der Waals surface area contributed by atoms with Crippen LogP contribution in [-0.2, 0) is 4.79 Å². The van der Waals surface area contributed by atoms with Gasteiger partial charge in [0.1, 0.15) is 28.9 Å². The first kappa shape index (κ1) is 24.6. The van der Waals surface area contributed by atoms with Crippen molar-refractivity contribution in [2.45, 2.75) is 13.0 Å². The number of allylic oxidation sites excluding steroid dienone is 1. The zero-order valence-corrected chi connectivity index (χ0v) is 21.2. The highest BCUT2D eigenvalue weighted by molar-refractivity contribution is 6.09. The molecule has 9 nitrogen and oxygen atoms in total. The minimum atomic E-state index is -0.606. The van der Waals surface area contributed by atoms with Gasteiger partial charge in [-0.1, -0.05) is 42.5 Å². The number of hydrogen-bond donors (Lipinski definition) is 3. The standard InChI is InChI=1S/C29H27N5O4/c1-18-25(29(36)33-23-11-7-8-12-24(23)38-3)26(19-13-15-21(37-2)16-14-19)34-27(31-18)22(17-30-34)28(35)32-20-9-5-4-6-10-20/h4-17,26,31H,1-3H3,(H,32,35)(H,33,36)/t26-/m1/s1. The fourth-order valence-electron chi connectivity index (χ4n) is 4.47. The number of para-hydroxylation sites is 3. The van der Waals surface area contributed by atoms with E-state index in [1.807, 2.05) is 73.7 Å². The van der Waals surface area contributed by atoms with Crippen molar-refractivity contribution in [2.75, 3.05) is 30.2 Å². The Bertz CT molecular complexity index is 1510. The molecule has 0 saturated carbocycles. The molecule has 2 heterocycles. The van der Waals surface area contributed by atoms with Crippen molar-refractivity contribution in [1.29, 1.82) is 0 Å². The molecular formula is C29H27N5O4. The number of benzene rings is 3. The summed E-state index contributed by atoms with van der Waals surface area (Å²) in [5.41, 5.74) is 3.42. The van der Waals surface area contributed by atoms with Crippen molar-refractivity contribution in [3.05, 3.63) is 107 Å². The second kappa shape index (κ2) is 10.5. The molecule has 9 heteroatoms. The number of amides is 2. The van der Waals surface area contributed by atoms with Gasteiger partial charge in [0.05, 0.1) is 31.7 Å². The molecule has 1 aliphatic heterocycles. The third-order valence-electron chi connectivity index (χ3n) is 6.33. The van der Waals surface area contributed by atoms with Crippen LogP contribution in [-0.4, -0.2) is 35.8 Å². The Labute approximate surface area is 220 Å². The summed E-state index contributed by atoms with van der Waals surface area (Å²) < 4.78 is 12.4. The third-order valence-corrected chi connectivity index (χ3v) is 6.33. The Morgan fingerprint density at radius 1 is 0.868 bits per heavy atom. The molecule has 0 aliphatic carbocycles. The lowest BCUT2D eigenvalue weighted by Gasteiger charge is -2.30. The van der Waals surface area contributed by atoms with Crippen LogP contribution in [0.3, 0.4) is 0 Å². The zero-order valence-electron chi connectivity index (χ0n) is 21.2. The summed E-state index contributed by atoms with van der Waals surface area (Å²) in [6, 6.07) is 23.2. The molecule has 3 N–H and O–H groups in total. The second-order valence-electron chi connectivity index (χ2n) is 8.67. The molecule has 1 atom stereocenters. The Morgan fingerprint density at radius 3 is 2.29 bits per heavy atom. The molecule has 2 amide bonds. The summed E-state index contributed by atoms with van der Waals surface area (Å²) in [6.07, 6.45) is 1.51. The molecular weight excluding hydrogens is 482 g/mol. The molecule has 0 spiro atoms. The lowest BCUT2D eigenvalue weighted by Crippen LogP contribution is -2.32. The SMILES string of the molecule is COc1ccc([C@@H]2C(C(=O)Nc3ccccc3OC)=C(C)Nc3c(C(=O)Nc4ccccc4)cnn32)cc1. The van der Waals surface area contributed by atoms with Gasteiger partial charge in [0, 0.05) is 11.4 Å². The van der Waals surface area contributed by atoms with Gasteiger partial charge in [0.25, 0.3) is 11.8 Å². The normalized spacial score (nSPS) is 14.2. The van der Waals surface area contributed by atoms with Crippen molar-refractivity contribution in [1.82, 2.24) is 9.78 Å². The number of hydrogen-bond acceptors (Lipinski definition) is 6. The summed E-state index contributed by atoms with van der Waals surface area (Å²) >= 11 is 0. The number of nitrogens with one attached hydrogen (secondary N) is 3. The summed E-state index contributed by atoms with van der Waals surface area (Å²) in [4.78, 5) is 26.9. The molecule has 0 bridgehead atoms. The van der Waals surface area contributed by atoms with E-state index in [-0.39, 0.29) is 11.8 Å². The number of methoxy groups -OCH3 is 2. The highest BCUT2D eigenvalue weighted by atomic mass is 16.5. The van der Waals surface area contributed by atoms with Crippen molar-refractivity contribution in [2.24, 2.45) is 0 Å². The molecule has 4 aromatic rings. The smallest absolute Gasteiger partial charge is 0.261 e. The van der Waals surface area contributed by atoms with Gasteiger partial charge in [0.15, 0.2) is 0 Å². The van der Waals surface area contributed by atoms with Crippen LogP contribution in [0.15, 0.2) is 96.3 Å². The van der Waals surface area contributed by atoms with Crippen LogP contribution in [0.1, 0.15) is 28.9 Å². The molecule has 0 unspecified atom stereocenters. The van der Waals surface area contributed by atoms with Crippen molar-refractivity contribution < 1.29 is 19.1 Å². The van der Waals surface area contributed by atoms with Crippen molar-refractivity contribution in [3.8, 4) is 11.5 Å². The van der Waals surface area contributed by atoms with Crippen molar-refractivity contribution in [3.63, 3.8) is 0 Å². The number of ether oxygens (including phenoxy) is 2. The number of rotatable bonds is 7. The largest absolute Gasteiger partial charge is 0.497 e. The van der Waals surface area contributed by atoms with Gasteiger partial charge in [-0.05, 0) is 48.9 Å². The second-order valence-corrected chi connectivity index (χ2v) is 8.67. The van der Waals surface area contributed by atoms with E-state index in [0.29, 0.717) is 45.5 Å². The average molecular weight is 510 g/mol. The van der Waals surface area contributed by atoms with E-state index >= 15 is 0 Å². The third kappa shape index (κ3) is 4.69. The van der Waals surface area contributed by atoms with Crippen molar-refractivity contribution >= 4 is 29.0 Å². The monoisotopic (exact) mass is 509 g/mol. The predicted octanol–water partition coefficient (Wildman–Crippen LogP) is 5.08. The minimum Gasteiger partial charge on any atom is -0.497 e. The van der Waals surface area contributed by atoms with Gasteiger partial charge >= 0.3 is 0 Å². The average Bonchev–Trinajstić information content (AvgIpc) is 3.36. The molecule has 5 rings (SSSR count). The molecule has 38 heavy (non-hydrogen) atoms. The molecule has 192 valence electrons. The van der Waals surface area contributed by atoms with Crippen LogP contribution in [0.5, 0.6) is 11.5 Å².